The van der Waals surface area contributed by atoms with E-state index in [0.717, 1.165) is 12.1 Å². The molecular formula is C17H16F3N3O3. The molecule has 0 aliphatic heterocycles. The summed E-state index contributed by atoms with van der Waals surface area (Å²) >= 11 is 0. The van der Waals surface area contributed by atoms with Crippen LogP contribution >= 0.6 is 0 Å². The van der Waals surface area contributed by atoms with Crippen LogP contribution in [0.25, 0.3) is 0 Å². The van der Waals surface area contributed by atoms with Crippen LogP contribution in [-0.2, 0) is 15.8 Å². The van der Waals surface area contributed by atoms with E-state index in [1.165, 1.54) is 24.5 Å². The van der Waals surface area contributed by atoms with Gasteiger partial charge in [0.05, 0.1) is 18.0 Å². The fraction of sp³-hybridized carbons (Fsp3) is 0.294. The zero-order valence-electron chi connectivity index (χ0n) is 13.6. The minimum absolute atomic E-state index is 0.0157. The topological polar surface area (TPSA) is 84.7 Å². The molecule has 0 bridgehead atoms. The third-order valence-electron chi connectivity index (χ3n) is 3.35. The quantitative estimate of drug-likeness (QED) is 0.438. The molecule has 1 aromatic carbocycles. The van der Waals surface area contributed by atoms with E-state index in [9.17, 15) is 18.0 Å². The van der Waals surface area contributed by atoms with Crippen LogP contribution in [0.3, 0.4) is 0 Å². The third-order valence-corrected chi connectivity index (χ3v) is 3.35. The molecule has 138 valence electrons. The molecule has 1 heterocycles. The van der Waals surface area contributed by atoms with E-state index in [1.54, 1.807) is 6.07 Å². The zero-order chi connectivity index (χ0) is 19.0. The van der Waals surface area contributed by atoms with Crippen molar-refractivity contribution in [2.75, 3.05) is 6.61 Å². The summed E-state index contributed by atoms with van der Waals surface area (Å²) in [5, 5.41) is 19.9. The first-order valence-electron chi connectivity index (χ1n) is 7.74. The number of hydrogen-bond donors (Lipinski definition) is 1. The standard InChI is InChI=1S/C17H16F3N3O3/c18-17(19,20)14-5-3-4-12(10-14)16(13-7-8-21-22-11-13)23-26-9-2-1-6-15(24)25/h3-5,7-8,10-11H,1-2,6,9H2,(H,24,25)/b23-16-. The Balaban J connectivity index is 2.20. The fourth-order valence-corrected chi connectivity index (χ4v) is 2.10. The Morgan fingerprint density at radius 3 is 2.62 bits per heavy atom. The van der Waals surface area contributed by atoms with Crippen molar-refractivity contribution in [3.05, 3.63) is 59.4 Å². The van der Waals surface area contributed by atoms with E-state index in [1.807, 2.05) is 0 Å². The molecule has 26 heavy (non-hydrogen) atoms. The van der Waals surface area contributed by atoms with Gasteiger partial charge in [-0.1, -0.05) is 17.3 Å². The van der Waals surface area contributed by atoms with E-state index in [4.69, 9.17) is 9.94 Å². The summed E-state index contributed by atoms with van der Waals surface area (Å²) in [5.41, 5.74) is 0.0543. The summed E-state index contributed by atoms with van der Waals surface area (Å²) in [6, 6.07) is 6.28. The first-order valence-corrected chi connectivity index (χ1v) is 7.74. The SMILES string of the molecule is O=C(O)CCCCO/N=C(\c1ccnnc1)c1cccc(C(F)(F)F)c1. The van der Waals surface area contributed by atoms with Crippen molar-refractivity contribution in [1.29, 1.82) is 0 Å². The van der Waals surface area contributed by atoms with Crippen molar-refractivity contribution >= 4 is 11.7 Å². The fourth-order valence-electron chi connectivity index (χ4n) is 2.10. The second-order valence-electron chi connectivity index (χ2n) is 5.33. The molecule has 0 aliphatic carbocycles. The lowest BCUT2D eigenvalue weighted by molar-refractivity contribution is -0.138. The predicted molar refractivity (Wildman–Crippen MR) is 86.6 cm³/mol. The molecule has 9 heteroatoms. The highest BCUT2D eigenvalue weighted by Crippen LogP contribution is 2.30. The number of oxime groups is 1. The highest BCUT2D eigenvalue weighted by Gasteiger charge is 2.30. The first kappa shape index (κ1) is 19.4. The van der Waals surface area contributed by atoms with Crippen LogP contribution in [0.2, 0.25) is 0 Å². The average molecular weight is 367 g/mol. The van der Waals surface area contributed by atoms with Crippen LogP contribution in [0.15, 0.2) is 47.9 Å². The Labute approximate surface area is 147 Å². The highest BCUT2D eigenvalue weighted by molar-refractivity contribution is 6.12. The molecular weight excluding hydrogens is 351 g/mol. The summed E-state index contributed by atoms with van der Waals surface area (Å²) in [5.74, 6) is -0.902. The number of carboxylic acid groups (broad SMARTS) is 1. The number of unbranched alkanes of at least 4 members (excludes halogenated alkanes) is 1. The molecule has 1 aromatic heterocycles. The molecule has 0 unspecified atom stereocenters. The van der Waals surface area contributed by atoms with Gasteiger partial charge in [0.25, 0.3) is 0 Å². The van der Waals surface area contributed by atoms with Crippen LogP contribution in [0, 0.1) is 0 Å². The van der Waals surface area contributed by atoms with Gasteiger partial charge in [0.1, 0.15) is 12.3 Å². The summed E-state index contributed by atoms with van der Waals surface area (Å²) in [4.78, 5) is 15.6. The molecule has 0 aliphatic rings. The van der Waals surface area contributed by atoms with Gasteiger partial charge in [-0.15, -0.1) is 0 Å². The monoisotopic (exact) mass is 367 g/mol. The zero-order valence-corrected chi connectivity index (χ0v) is 13.6. The summed E-state index contributed by atoms with van der Waals surface area (Å²) < 4.78 is 38.8. The third kappa shape index (κ3) is 5.83. The van der Waals surface area contributed by atoms with E-state index in [2.05, 4.69) is 15.4 Å². The van der Waals surface area contributed by atoms with Crippen molar-refractivity contribution in [1.82, 2.24) is 10.2 Å². The van der Waals surface area contributed by atoms with Crippen LogP contribution in [0.4, 0.5) is 13.2 Å². The van der Waals surface area contributed by atoms with Gasteiger partial charge in [-0.2, -0.15) is 23.4 Å². The largest absolute Gasteiger partial charge is 0.481 e. The number of hydrogen-bond acceptors (Lipinski definition) is 5. The molecule has 6 nitrogen and oxygen atoms in total. The number of aliphatic carboxylic acids is 1. The Kier molecular flexibility index (Phi) is 6.65. The second kappa shape index (κ2) is 8.93. The Morgan fingerprint density at radius 2 is 1.96 bits per heavy atom. The van der Waals surface area contributed by atoms with Gasteiger partial charge in [-0.25, -0.2) is 0 Å². The molecule has 0 saturated heterocycles. The van der Waals surface area contributed by atoms with Crippen molar-refractivity contribution in [3.63, 3.8) is 0 Å². The molecule has 0 fully saturated rings. The van der Waals surface area contributed by atoms with Gasteiger partial charge in [0.2, 0.25) is 0 Å². The summed E-state index contributed by atoms with van der Waals surface area (Å²) in [6.45, 7) is 0.147. The van der Waals surface area contributed by atoms with E-state index in [-0.39, 0.29) is 24.3 Å². The maximum atomic E-state index is 12.9. The molecule has 0 saturated carbocycles. The average Bonchev–Trinajstić information content (AvgIpc) is 2.61. The number of aromatic nitrogens is 2. The van der Waals surface area contributed by atoms with Gasteiger partial charge in [-0.3, -0.25) is 4.79 Å². The number of carbonyl (C=O) groups is 1. The lowest BCUT2D eigenvalue weighted by Gasteiger charge is -2.10. The summed E-state index contributed by atoms with van der Waals surface area (Å²) in [6.07, 6.45) is -0.823. The van der Waals surface area contributed by atoms with E-state index < -0.39 is 17.7 Å². The number of carboxylic acids is 1. The van der Waals surface area contributed by atoms with Gasteiger partial charge in [0.15, 0.2) is 0 Å². The van der Waals surface area contributed by atoms with Crippen LogP contribution in [-0.4, -0.2) is 33.6 Å². The Bertz CT molecular complexity index is 765. The Morgan fingerprint density at radius 1 is 1.15 bits per heavy atom. The van der Waals surface area contributed by atoms with Gasteiger partial charge in [0, 0.05) is 17.5 Å². The minimum atomic E-state index is -4.48. The summed E-state index contributed by atoms with van der Waals surface area (Å²) in [7, 11) is 0. The highest BCUT2D eigenvalue weighted by atomic mass is 19.4. The lowest BCUT2D eigenvalue weighted by atomic mass is 10.0. The van der Waals surface area contributed by atoms with Crippen molar-refractivity contribution in [3.8, 4) is 0 Å². The normalized spacial score (nSPS) is 12.0. The lowest BCUT2D eigenvalue weighted by Crippen LogP contribution is -2.10. The van der Waals surface area contributed by atoms with Crippen LogP contribution in [0.1, 0.15) is 36.0 Å². The number of halogens is 3. The number of benzene rings is 1. The minimum Gasteiger partial charge on any atom is -0.481 e. The van der Waals surface area contributed by atoms with Crippen molar-refractivity contribution < 1.29 is 27.9 Å². The molecule has 0 radical (unpaired) electrons. The van der Waals surface area contributed by atoms with E-state index in [0.29, 0.717) is 18.4 Å². The number of alkyl halides is 3. The second-order valence-corrected chi connectivity index (χ2v) is 5.33. The van der Waals surface area contributed by atoms with Gasteiger partial charge >= 0.3 is 12.1 Å². The molecule has 2 rings (SSSR count). The molecule has 0 atom stereocenters. The maximum Gasteiger partial charge on any atom is 0.416 e. The van der Waals surface area contributed by atoms with Crippen LogP contribution in [0.5, 0.6) is 0 Å². The predicted octanol–water partition coefficient (Wildman–Crippen LogP) is 3.52. The maximum absolute atomic E-state index is 12.9. The Hall–Kier alpha value is -2.97. The number of rotatable bonds is 8. The van der Waals surface area contributed by atoms with Crippen LogP contribution < -0.4 is 0 Å². The molecule has 0 amide bonds. The van der Waals surface area contributed by atoms with E-state index >= 15 is 0 Å². The molecule has 1 N–H and O–H groups in total. The van der Waals surface area contributed by atoms with Crippen molar-refractivity contribution in [2.24, 2.45) is 5.16 Å². The van der Waals surface area contributed by atoms with Gasteiger partial charge in [-0.05, 0) is 31.0 Å². The van der Waals surface area contributed by atoms with Gasteiger partial charge < -0.3 is 9.94 Å². The first-order chi connectivity index (χ1) is 12.4. The smallest absolute Gasteiger partial charge is 0.416 e. The number of nitrogens with zero attached hydrogens (tertiary/aromatic N) is 3. The molecule has 0 spiro atoms. The molecule has 2 aromatic rings. The van der Waals surface area contributed by atoms with Crippen molar-refractivity contribution in [2.45, 2.75) is 25.4 Å².